The Morgan fingerprint density at radius 1 is 1.40 bits per heavy atom. The van der Waals surface area contributed by atoms with Crippen LogP contribution in [-0.2, 0) is 6.42 Å². The van der Waals surface area contributed by atoms with Gasteiger partial charge in [0.2, 0.25) is 0 Å². The standard InChI is InChI=1S/C15H21BrN2O2/c1-11(8-12-2-4-13(16)5-3-12)18-14(20)17-9-15(10-19)6-7-15/h2-5,11,19H,6-10H2,1H3,(H2,17,18,20)/t11-/m0/s1. The van der Waals surface area contributed by atoms with Crippen molar-refractivity contribution in [2.24, 2.45) is 5.41 Å². The molecule has 3 N–H and O–H groups in total. The fraction of sp³-hybridized carbons (Fsp3) is 0.533. The van der Waals surface area contributed by atoms with Crippen molar-refractivity contribution in [1.82, 2.24) is 10.6 Å². The minimum Gasteiger partial charge on any atom is -0.396 e. The van der Waals surface area contributed by atoms with Gasteiger partial charge in [-0.15, -0.1) is 0 Å². The highest BCUT2D eigenvalue weighted by atomic mass is 79.9. The van der Waals surface area contributed by atoms with Gasteiger partial charge in [0.15, 0.2) is 0 Å². The summed E-state index contributed by atoms with van der Waals surface area (Å²) < 4.78 is 1.05. The third-order valence-corrected chi connectivity index (χ3v) is 4.28. The van der Waals surface area contributed by atoms with Gasteiger partial charge >= 0.3 is 6.03 Å². The molecule has 1 aliphatic rings. The van der Waals surface area contributed by atoms with Crippen molar-refractivity contribution in [1.29, 1.82) is 0 Å². The molecule has 20 heavy (non-hydrogen) atoms. The molecule has 2 amide bonds. The first kappa shape index (κ1) is 15.3. The van der Waals surface area contributed by atoms with E-state index in [2.05, 4.69) is 26.6 Å². The summed E-state index contributed by atoms with van der Waals surface area (Å²) in [5.74, 6) is 0. The monoisotopic (exact) mass is 340 g/mol. The molecule has 0 aliphatic heterocycles. The number of nitrogens with one attached hydrogen (secondary N) is 2. The molecule has 5 heteroatoms. The number of hydrogen-bond donors (Lipinski definition) is 3. The van der Waals surface area contributed by atoms with Crippen molar-refractivity contribution < 1.29 is 9.90 Å². The first-order valence-corrected chi connectivity index (χ1v) is 7.72. The van der Waals surface area contributed by atoms with Crippen LogP contribution in [0.15, 0.2) is 28.7 Å². The number of halogens is 1. The van der Waals surface area contributed by atoms with E-state index in [9.17, 15) is 9.90 Å². The molecule has 0 heterocycles. The number of urea groups is 1. The molecule has 1 aromatic carbocycles. The van der Waals surface area contributed by atoms with Crippen molar-refractivity contribution in [2.75, 3.05) is 13.2 Å². The van der Waals surface area contributed by atoms with Gasteiger partial charge < -0.3 is 15.7 Å². The largest absolute Gasteiger partial charge is 0.396 e. The zero-order valence-corrected chi connectivity index (χ0v) is 13.2. The molecular weight excluding hydrogens is 320 g/mol. The van der Waals surface area contributed by atoms with E-state index in [-0.39, 0.29) is 24.1 Å². The van der Waals surface area contributed by atoms with Crippen LogP contribution < -0.4 is 10.6 Å². The van der Waals surface area contributed by atoms with Gasteiger partial charge in [-0.05, 0) is 43.9 Å². The first-order chi connectivity index (χ1) is 9.53. The minimum atomic E-state index is -0.158. The Morgan fingerprint density at radius 3 is 2.60 bits per heavy atom. The molecule has 0 spiro atoms. The molecule has 1 aromatic rings. The van der Waals surface area contributed by atoms with E-state index in [0.717, 1.165) is 23.7 Å². The number of aliphatic hydroxyl groups excluding tert-OH is 1. The Labute approximate surface area is 128 Å². The van der Waals surface area contributed by atoms with Crippen LogP contribution in [0.5, 0.6) is 0 Å². The molecule has 0 unspecified atom stereocenters. The maximum Gasteiger partial charge on any atom is 0.315 e. The van der Waals surface area contributed by atoms with Crippen LogP contribution >= 0.6 is 15.9 Å². The van der Waals surface area contributed by atoms with Crippen LogP contribution in [0.3, 0.4) is 0 Å². The third-order valence-electron chi connectivity index (χ3n) is 3.75. The lowest BCUT2D eigenvalue weighted by molar-refractivity contribution is 0.202. The number of amides is 2. The van der Waals surface area contributed by atoms with E-state index in [1.807, 2.05) is 31.2 Å². The summed E-state index contributed by atoms with van der Waals surface area (Å²) in [6, 6.07) is 8.01. The van der Waals surface area contributed by atoms with Gasteiger partial charge in [0.25, 0.3) is 0 Å². The Bertz CT molecular complexity index is 457. The van der Waals surface area contributed by atoms with Crippen LogP contribution in [0.2, 0.25) is 0 Å². The molecule has 0 saturated heterocycles. The fourth-order valence-corrected chi connectivity index (χ4v) is 2.40. The first-order valence-electron chi connectivity index (χ1n) is 6.93. The molecule has 0 aromatic heterocycles. The molecule has 2 rings (SSSR count). The number of carbonyl (C=O) groups is 1. The van der Waals surface area contributed by atoms with E-state index in [1.54, 1.807) is 0 Å². The molecule has 1 fully saturated rings. The Kier molecular flexibility index (Phi) is 5.05. The summed E-state index contributed by atoms with van der Waals surface area (Å²) in [5, 5.41) is 15.0. The average molecular weight is 341 g/mol. The predicted molar refractivity (Wildman–Crippen MR) is 82.6 cm³/mol. The summed E-state index contributed by atoms with van der Waals surface area (Å²) >= 11 is 3.40. The van der Waals surface area contributed by atoms with Crippen LogP contribution in [0.4, 0.5) is 4.79 Å². The van der Waals surface area contributed by atoms with Crippen molar-refractivity contribution in [3.8, 4) is 0 Å². The summed E-state index contributed by atoms with van der Waals surface area (Å²) in [7, 11) is 0. The van der Waals surface area contributed by atoms with Gasteiger partial charge in [0, 0.05) is 22.5 Å². The van der Waals surface area contributed by atoms with Crippen molar-refractivity contribution in [2.45, 2.75) is 32.2 Å². The molecule has 1 atom stereocenters. The zero-order valence-electron chi connectivity index (χ0n) is 11.7. The van der Waals surface area contributed by atoms with E-state index in [0.29, 0.717) is 6.54 Å². The molecule has 4 nitrogen and oxygen atoms in total. The van der Waals surface area contributed by atoms with Crippen molar-refractivity contribution in [3.63, 3.8) is 0 Å². The highest BCUT2D eigenvalue weighted by Crippen LogP contribution is 2.44. The maximum absolute atomic E-state index is 11.8. The van der Waals surface area contributed by atoms with Gasteiger partial charge in [0.1, 0.15) is 0 Å². The average Bonchev–Trinajstić information content (AvgIpc) is 3.20. The quantitative estimate of drug-likeness (QED) is 0.744. The zero-order chi connectivity index (χ0) is 14.6. The third kappa shape index (κ3) is 4.49. The lowest BCUT2D eigenvalue weighted by Gasteiger charge is -2.17. The molecule has 1 saturated carbocycles. The summed E-state index contributed by atoms with van der Waals surface area (Å²) in [6.07, 6.45) is 2.79. The fourth-order valence-electron chi connectivity index (χ4n) is 2.14. The van der Waals surface area contributed by atoms with E-state index < -0.39 is 0 Å². The number of benzene rings is 1. The number of aliphatic hydroxyl groups is 1. The molecular formula is C15H21BrN2O2. The minimum absolute atomic E-state index is 0.0493. The predicted octanol–water partition coefficient (Wildman–Crippen LogP) is 2.45. The highest BCUT2D eigenvalue weighted by molar-refractivity contribution is 9.10. The van der Waals surface area contributed by atoms with Gasteiger partial charge in [-0.1, -0.05) is 28.1 Å². The van der Waals surface area contributed by atoms with Gasteiger partial charge in [-0.3, -0.25) is 0 Å². The Hall–Kier alpha value is -1.07. The van der Waals surface area contributed by atoms with Gasteiger partial charge in [-0.2, -0.15) is 0 Å². The van der Waals surface area contributed by atoms with Crippen molar-refractivity contribution >= 4 is 22.0 Å². The summed E-state index contributed by atoms with van der Waals surface area (Å²) in [5.41, 5.74) is 1.14. The summed E-state index contributed by atoms with van der Waals surface area (Å²) in [6.45, 7) is 2.70. The topological polar surface area (TPSA) is 61.4 Å². The van der Waals surface area contributed by atoms with E-state index in [1.165, 1.54) is 5.56 Å². The molecule has 0 radical (unpaired) electrons. The van der Waals surface area contributed by atoms with Crippen molar-refractivity contribution in [3.05, 3.63) is 34.3 Å². The SMILES string of the molecule is C[C@@H](Cc1ccc(Br)cc1)NC(=O)NCC1(CO)CC1. The highest BCUT2D eigenvalue weighted by Gasteiger charge is 2.42. The van der Waals surface area contributed by atoms with E-state index >= 15 is 0 Å². The van der Waals surface area contributed by atoms with Gasteiger partial charge in [-0.25, -0.2) is 4.79 Å². The lowest BCUT2D eigenvalue weighted by Crippen LogP contribution is -2.44. The molecule has 110 valence electrons. The second kappa shape index (κ2) is 6.59. The Morgan fingerprint density at radius 2 is 2.05 bits per heavy atom. The molecule has 0 bridgehead atoms. The summed E-state index contributed by atoms with van der Waals surface area (Å²) in [4.78, 5) is 11.8. The van der Waals surface area contributed by atoms with E-state index in [4.69, 9.17) is 0 Å². The van der Waals surface area contributed by atoms with Crippen LogP contribution in [0, 0.1) is 5.41 Å². The molecule has 1 aliphatic carbocycles. The van der Waals surface area contributed by atoms with Crippen LogP contribution in [-0.4, -0.2) is 30.3 Å². The second-order valence-corrected chi connectivity index (χ2v) is 6.63. The van der Waals surface area contributed by atoms with Gasteiger partial charge in [0.05, 0.1) is 6.61 Å². The number of rotatable bonds is 6. The Balaban J connectivity index is 1.72. The number of carbonyl (C=O) groups excluding carboxylic acids is 1. The normalized spacial score (nSPS) is 17.4. The second-order valence-electron chi connectivity index (χ2n) is 5.72. The maximum atomic E-state index is 11.8. The number of hydrogen-bond acceptors (Lipinski definition) is 2. The van der Waals surface area contributed by atoms with Crippen LogP contribution in [0.1, 0.15) is 25.3 Å². The van der Waals surface area contributed by atoms with Crippen LogP contribution in [0.25, 0.3) is 0 Å². The smallest absolute Gasteiger partial charge is 0.315 e. The lowest BCUT2D eigenvalue weighted by atomic mass is 10.1.